The number of amides is 1. The minimum Gasteiger partial charge on any atom is -0.480 e. The summed E-state index contributed by atoms with van der Waals surface area (Å²) in [6.07, 6.45) is 4.52. The van der Waals surface area contributed by atoms with Gasteiger partial charge in [-0.15, -0.1) is 5.10 Å². The first-order valence-electron chi connectivity index (χ1n) is 9.43. The molecular weight excluding hydrogens is 348 g/mol. The van der Waals surface area contributed by atoms with Crippen LogP contribution >= 0.6 is 0 Å². The van der Waals surface area contributed by atoms with Crippen molar-refractivity contribution in [3.05, 3.63) is 34.6 Å². The van der Waals surface area contributed by atoms with Gasteiger partial charge in [-0.05, 0) is 37.3 Å². The lowest BCUT2D eigenvalue weighted by Gasteiger charge is -2.33. The Morgan fingerprint density at radius 2 is 1.96 bits per heavy atom. The van der Waals surface area contributed by atoms with Crippen LogP contribution in [0, 0.1) is 5.92 Å². The van der Waals surface area contributed by atoms with Crippen LogP contribution in [0.4, 0.5) is 0 Å². The van der Waals surface area contributed by atoms with Crippen LogP contribution in [0.15, 0.2) is 29.1 Å². The Balaban J connectivity index is 1.52. The number of aliphatic carboxylic acids is 1. The van der Waals surface area contributed by atoms with Gasteiger partial charge in [-0.2, -0.15) is 0 Å². The average Bonchev–Trinajstić information content (AvgIpc) is 3.07. The number of carbonyl (C=O) groups is 2. The number of carbonyl (C=O) groups excluding carboxylic acids is 1. The quantitative estimate of drug-likeness (QED) is 0.873. The van der Waals surface area contributed by atoms with Crippen LogP contribution < -0.4 is 5.56 Å². The van der Waals surface area contributed by atoms with Gasteiger partial charge in [-0.3, -0.25) is 9.59 Å². The van der Waals surface area contributed by atoms with Gasteiger partial charge in [0.05, 0.1) is 11.9 Å². The Hall–Kier alpha value is -2.77. The number of rotatable bonds is 4. The van der Waals surface area contributed by atoms with Gasteiger partial charge < -0.3 is 10.0 Å². The third-order valence-corrected chi connectivity index (χ3v) is 5.83. The molecule has 8 nitrogen and oxygen atoms in total. The highest BCUT2D eigenvalue weighted by Gasteiger charge is 2.47. The Kier molecular flexibility index (Phi) is 4.63. The van der Waals surface area contributed by atoms with E-state index in [1.165, 1.54) is 4.68 Å². The summed E-state index contributed by atoms with van der Waals surface area (Å²) in [4.78, 5) is 38.6. The zero-order valence-electron chi connectivity index (χ0n) is 15.0. The van der Waals surface area contributed by atoms with E-state index in [0.717, 1.165) is 25.7 Å². The molecule has 2 heterocycles. The number of aryl methyl sites for hydroxylation is 1. The maximum absolute atomic E-state index is 12.9. The second kappa shape index (κ2) is 7.09. The predicted octanol–water partition coefficient (Wildman–Crippen LogP) is 1.43. The molecule has 1 saturated heterocycles. The van der Waals surface area contributed by atoms with Crippen molar-refractivity contribution in [1.29, 1.82) is 0 Å². The number of likely N-dealkylation sites (tertiary alicyclic amines) is 1. The molecule has 1 amide bonds. The maximum Gasteiger partial charge on any atom is 0.326 e. The van der Waals surface area contributed by atoms with Gasteiger partial charge in [0.2, 0.25) is 5.91 Å². The largest absolute Gasteiger partial charge is 0.480 e. The van der Waals surface area contributed by atoms with Gasteiger partial charge in [-0.25, -0.2) is 9.48 Å². The molecule has 4 rings (SSSR count). The molecule has 0 radical (unpaired) electrons. The van der Waals surface area contributed by atoms with Gasteiger partial charge in [-0.1, -0.05) is 30.2 Å². The number of carboxylic acid groups (broad SMARTS) is 1. The fourth-order valence-corrected chi connectivity index (χ4v) is 4.54. The predicted molar refractivity (Wildman–Crippen MR) is 97.0 cm³/mol. The van der Waals surface area contributed by atoms with E-state index in [1.54, 1.807) is 29.2 Å². The van der Waals surface area contributed by atoms with Gasteiger partial charge in [0.1, 0.15) is 11.6 Å². The maximum atomic E-state index is 12.9. The number of nitrogens with zero attached hydrogens (tertiary/aromatic N) is 4. The first kappa shape index (κ1) is 17.6. The summed E-state index contributed by atoms with van der Waals surface area (Å²) in [6, 6.07) is 6.18. The van der Waals surface area contributed by atoms with Gasteiger partial charge in [0.25, 0.3) is 5.56 Å². The molecular formula is C19H22N4O4. The SMILES string of the molecule is O=C(O)[C@@H]1C[C@H]2CCCC[C@@H]2N1C(=O)CCn1nnc2ccccc2c1=O. The van der Waals surface area contributed by atoms with Crippen molar-refractivity contribution in [3.63, 3.8) is 0 Å². The Morgan fingerprint density at radius 3 is 2.78 bits per heavy atom. The number of hydrogen-bond acceptors (Lipinski definition) is 5. The van der Waals surface area contributed by atoms with E-state index in [9.17, 15) is 19.5 Å². The van der Waals surface area contributed by atoms with E-state index in [2.05, 4.69) is 10.3 Å². The molecule has 2 fully saturated rings. The van der Waals surface area contributed by atoms with Crippen LogP contribution in [0.5, 0.6) is 0 Å². The summed E-state index contributed by atoms with van der Waals surface area (Å²) in [6.45, 7) is 0.0930. The molecule has 1 saturated carbocycles. The molecule has 2 aliphatic rings. The fraction of sp³-hybridized carbons (Fsp3) is 0.526. The minimum atomic E-state index is -0.944. The number of benzene rings is 1. The van der Waals surface area contributed by atoms with Crippen LogP contribution in [-0.2, 0) is 16.1 Å². The molecule has 2 aromatic rings. The molecule has 1 aliphatic heterocycles. The molecule has 1 aromatic heterocycles. The molecule has 0 bridgehead atoms. The summed E-state index contributed by atoms with van der Waals surface area (Å²) >= 11 is 0. The van der Waals surface area contributed by atoms with Crippen molar-refractivity contribution in [2.75, 3.05) is 0 Å². The van der Waals surface area contributed by atoms with E-state index < -0.39 is 12.0 Å². The highest BCUT2D eigenvalue weighted by Crippen LogP contribution is 2.40. The lowest BCUT2D eigenvalue weighted by atomic mass is 9.84. The monoisotopic (exact) mass is 370 g/mol. The van der Waals surface area contributed by atoms with Crippen molar-refractivity contribution in [2.45, 2.75) is 57.2 Å². The third-order valence-electron chi connectivity index (χ3n) is 5.83. The Morgan fingerprint density at radius 1 is 1.19 bits per heavy atom. The standard InChI is InChI=1S/C19H22N4O4/c24-17(23-15-8-4-1-5-12(15)11-16(23)19(26)27)9-10-22-18(25)13-6-2-3-7-14(13)20-21-22/h2-3,6-7,12,15-16H,1,4-5,8-11H2,(H,26,27)/t12-,15+,16+/m1/s1. The number of fused-ring (bicyclic) bond motifs is 2. The molecule has 1 N–H and O–H groups in total. The molecule has 142 valence electrons. The van der Waals surface area contributed by atoms with E-state index in [4.69, 9.17) is 0 Å². The molecule has 8 heteroatoms. The van der Waals surface area contributed by atoms with Crippen molar-refractivity contribution >= 4 is 22.8 Å². The van der Waals surface area contributed by atoms with Crippen LogP contribution in [0.1, 0.15) is 38.5 Å². The molecule has 0 unspecified atom stereocenters. The second-order valence-electron chi connectivity index (χ2n) is 7.39. The van der Waals surface area contributed by atoms with E-state index in [-0.39, 0.29) is 36.4 Å². The zero-order chi connectivity index (χ0) is 19.0. The average molecular weight is 370 g/mol. The molecule has 1 aromatic carbocycles. The smallest absolute Gasteiger partial charge is 0.326 e. The van der Waals surface area contributed by atoms with Crippen LogP contribution in [0.2, 0.25) is 0 Å². The van der Waals surface area contributed by atoms with Crippen LogP contribution in [0.25, 0.3) is 10.9 Å². The molecule has 3 atom stereocenters. The summed E-state index contributed by atoms with van der Waals surface area (Å²) in [7, 11) is 0. The topological polar surface area (TPSA) is 105 Å². The van der Waals surface area contributed by atoms with Crippen LogP contribution in [0.3, 0.4) is 0 Å². The highest BCUT2D eigenvalue weighted by molar-refractivity contribution is 5.84. The van der Waals surface area contributed by atoms with Crippen molar-refractivity contribution in [2.24, 2.45) is 5.92 Å². The first-order chi connectivity index (χ1) is 13.1. The highest BCUT2D eigenvalue weighted by atomic mass is 16.4. The van der Waals surface area contributed by atoms with Gasteiger partial charge in [0, 0.05) is 12.5 Å². The number of carboxylic acids is 1. The summed E-state index contributed by atoms with van der Waals surface area (Å²) in [5, 5.41) is 17.9. The molecule has 27 heavy (non-hydrogen) atoms. The zero-order valence-corrected chi connectivity index (χ0v) is 15.0. The molecule has 1 aliphatic carbocycles. The van der Waals surface area contributed by atoms with E-state index in [1.807, 2.05) is 0 Å². The Bertz CT molecular complexity index is 941. The van der Waals surface area contributed by atoms with E-state index >= 15 is 0 Å². The normalized spacial score (nSPS) is 24.7. The number of hydrogen-bond donors (Lipinski definition) is 1. The lowest BCUT2D eigenvalue weighted by molar-refractivity contribution is -0.150. The van der Waals surface area contributed by atoms with Crippen molar-refractivity contribution in [1.82, 2.24) is 19.9 Å². The summed E-state index contributed by atoms with van der Waals surface area (Å²) in [5.74, 6) is -0.897. The van der Waals surface area contributed by atoms with E-state index in [0.29, 0.717) is 17.3 Å². The summed E-state index contributed by atoms with van der Waals surface area (Å²) in [5.41, 5.74) is 0.223. The number of aromatic nitrogens is 3. The first-order valence-corrected chi connectivity index (χ1v) is 9.43. The molecule has 0 spiro atoms. The van der Waals surface area contributed by atoms with Gasteiger partial charge in [0.15, 0.2) is 0 Å². The van der Waals surface area contributed by atoms with Crippen molar-refractivity contribution < 1.29 is 14.7 Å². The third kappa shape index (κ3) is 3.20. The van der Waals surface area contributed by atoms with Crippen LogP contribution in [-0.4, -0.2) is 49.0 Å². The summed E-state index contributed by atoms with van der Waals surface area (Å²) < 4.78 is 1.18. The minimum absolute atomic E-state index is 0.00626. The lowest BCUT2D eigenvalue weighted by Crippen LogP contribution is -2.46. The second-order valence-corrected chi connectivity index (χ2v) is 7.39. The van der Waals surface area contributed by atoms with Gasteiger partial charge >= 0.3 is 5.97 Å². The van der Waals surface area contributed by atoms with Crippen molar-refractivity contribution in [3.8, 4) is 0 Å². The fourth-order valence-electron chi connectivity index (χ4n) is 4.54. The Labute approximate surface area is 155 Å².